The zero-order valence-corrected chi connectivity index (χ0v) is 10.7. The van der Waals surface area contributed by atoms with Crippen molar-refractivity contribution in [1.29, 1.82) is 0 Å². The van der Waals surface area contributed by atoms with Crippen LogP contribution in [0, 0.1) is 5.82 Å². The van der Waals surface area contributed by atoms with Crippen molar-refractivity contribution in [2.45, 2.75) is 31.4 Å². The predicted octanol–water partition coefficient (Wildman–Crippen LogP) is 2.55. The van der Waals surface area contributed by atoms with E-state index >= 15 is 0 Å². The summed E-state index contributed by atoms with van der Waals surface area (Å²) in [5.41, 5.74) is -0.822. The van der Waals surface area contributed by atoms with Crippen LogP contribution in [0.3, 0.4) is 0 Å². The number of aliphatic hydroxyl groups is 1. The molecule has 1 atom stereocenters. The highest BCUT2D eigenvalue weighted by molar-refractivity contribution is 9.10. The van der Waals surface area contributed by atoms with Gasteiger partial charge in [-0.2, -0.15) is 0 Å². The molecule has 0 bridgehead atoms. The van der Waals surface area contributed by atoms with Crippen LogP contribution in [0.2, 0.25) is 0 Å². The summed E-state index contributed by atoms with van der Waals surface area (Å²) < 4.78 is 14.3. The molecule has 0 heterocycles. The molecule has 88 valence electrons. The Hall–Kier alpha value is -0.450. The van der Waals surface area contributed by atoms with Gasteiger partial charge in [-0.25, -0.2) is 4.39 Å². The third kappa shape index (κ3) is 2.81. The van der Waals surface area contributed by atoms with E-state index in [2.05, 4.69) is 21.2 Å². The standard InChI is InChI=1S/C12H15BrFNO/c1-12(16,7-15-9-3-4-9)10-5-2-8(13)6-11(10)14/h2,5-6,9,15-16H,3-4,7H2,1H3. The molecule has 1 unspecified atom stereocenters. The maximum absolute atomic E-state index is 13.7. The smallest absolute Gasteiger partial charge is 0.130 e. The first-order chi connectivity index (χ1) is 7.49. The maximum Gasteiger partial charge on any atom is 0.130 e. The van der Waals surface area contributed by atoms with Crippen LogP contribution < -0.4 is 5.32 Å². The van der Waals surface area contributed by atoms with Crippen LogP contribution in [0.5, 0.6) is 0 Å². The minimum atomic E-state index is -1.16. The van der Waals surface area contributed by atoms with Crippen LogP contribution in [-0.4, -0.2) is 17.7 Å². The lowest BCUT2D eigenvalue weighted by Crippen LogP contribution is -2.37. The highest BCUT2D eigenvalue weighted by atomic mass is 79.9. The minimum absolute atomic E-state index is 0.337. The van der Waals surface area contributed by atoms with E-state index in [0.29, 0.717) is 22.6 Å². The van der Waals surface area contributed by atoms with Gasteiger partial charge in [-0.05, 0) is 31.9 Å². The Morgan fingerprint density at radius 2 is 2.25 bits per heavy atom. The average Bonchev–Trinajstić information content (AvgIpc) is 2.97. The molecule has 1 fully saturated rings. The Balaban J connectivity index is 2.12. The van der Waals surface area contributed by atoms with Crippen molar-refractivity contribution in [1.82, 2.24) is 5.32 Å². The summed E-state index contributed by atoms with van der Waals surface area (Å²) in [7, 11) is 0. The lowest BCUT2D eigenvalue weighted by Gasteiger charge is -2.25. The first kappa shape index (κ1) is 12.0. The number of halogens is 2. The first-order valence-corrected chi connectivity index (χ1v) is 6.19. The third-order valence-corrected chi connectivity index (χ3v) is 3.32. The van der Waals surface area contributed by atoms with Crippen molar-refractivity contribution in [2.24, 2.45) is 0 Å². The predicted molar refractivity (Wildman–Crippen MR) is 64.7 cm³/mol. The van der Waals surface area contributed by atoms with Gasteiger partial charge in [-0.15, -0.1) is 0 Å². The fourth-order valence-corrected chi connectivity index (χ4v) is 1.99. The highest BCUT2D eigenvalue weighted by Gasteiger charge is 2.29. The van der Waals surface area contributed by atoms with Gasteiger partial charge < -0.3 is 10.4 Å². The monoisotopic (exact) mass is 287 g/mol. The topological polar surface area (TPSA) is 32.3 Å². The second-order valence-corrected chi connectivity index (χ2v) is 5.47. The van der Waals surface area contributed by atoms with Crippen molar-refractivity contribution < 1.29 is 9.50 Å². The summed E-state index contributed by atoms with van der Waals surface area (Å²) in [4.78, 5) is 0. The number of rotatable bonds is 4. The van der Waals surface area contributed by atoms with Crippen LogP contribution >= 0.6 is 15.9 Å². The molecular formula is C12H15BrFNO. The summed E-state index contributed by atoms with van der Waals surface area (Å²) in [5, 5.41) is 13.4. The van der Waals surface area contributed by atoms with Gasteiger partial charge >= 0.3 is 0 Å². The average molecular weight is 288 g/mol. The zero-order chi connectivity index (χ0) is 11.8. The van der Waals surface area contributed by atoms with Crippen molar-refractivity contribution in [2.75, 3.05) is 6.54 Å². The lowest BCUT2D eigenvalue weighted by molar-refractivity contribution is 0.0528. The van der Waals surface area contributed by atoms with Gasteiger partial charge in [0.05, 0.1) is 0 Å². The van der Waals surface area contributed by atoms with Crippen molar-refractivity contribution in [3.8, 4) is 0 Å². The first-order valence-electron chi connectivity index (χ1n) is 5.40. The van der Waals surface area contributed by atoms with E-state index in [-0.39, 0.29) is 5.82 Å². The summed E-state index contributed by atoms with van der Waals surface area (Å²) in [5.74, 6) is -0.378. The Labute approximate surface area is 103 Å². The third-order valence-electron chi connectivity index (χ3n) is 2.82. The number of nitrogens with one attached hydrogen (secondary N) is 1. The van der Waals surface area contributed by atoms with Crippen LogP contribution in [-0.2, 0) is 5.60 Å². The molecule has 0 aliphatic heterocycles. The minimum Gasteiger partial charge on any atom is -0.384 e. The number of hydrogen-bond donors (Lipinski definition) is 2. The van der Waals surface area contributed by atoms with Gasteiger partial charge in [0.15, 0.2) is 0 Å². The van der Waals surface area contributed by atoms with Crippen LogP contribution in [0.15, 0.2) is 22.7 Å². The van der Waals surface area contributed by atoms with E-state index in [1.807, 2.05) is 0 Å². The number of benzene rings is 1. The SMILES string of the molecule is CC(O)(CNC1CC1)c1ccc(Br)cc1F. The lowest BCUT2D eigenvalue weighted by atomic mass is 9.95. The molecular weight excluding hydrogens is 273 g/mol. The van der Waals surface area contributed by atoms with Gasteiger partial charge in [-0.1, -0.05) is 22.0 Å². The Morgan fingerprint density at radius 3 is 2.81 bits per heavy atom. The molecule has 0 aromatic heterocycles. The van der Waals surface area contributed by atoms with Gasteiger partial charge in [0.2, 0.25) is 0 Å². The normalized spacial score (nSPS) is 19.5. The van der Waals surface area contributed by atoms with E-state index in [4.69, 9.17) is 0 Å². The van der Waals surface area contributed by atoms with Crippen LogP contribution in [0.4, 0.5) is 4.39 Å². The van der Waals surface area contributed by atoms with E-state index in [9.17, 15) is 9.50 Å². The molecule has 2 N–H and O–H groups in total. The summed E-state index contributed by atoms with van der Waals surface area (Å²) in [6.45, 7) is 2.02. The van der Waals surface area contributed by atoms with Gasteiger partial charge in [0.1, 0.15) is 11.4 Å². The molecule has 1 aromatic rings. The van der Waals surface area contributed by atoms with E-state index in [0.717, 1.165) is 12.8 Å². The quantitative estimate of drug-likeness (QED) is 0.892. The molecule has 0 amide bonds. The highest BCUT2D eigenvalue weighted by Crippen LogP contribution is 2.27. The van der Waals surface area contributed by atoms with E-state index in [1.165, 1.54) is 6.07 Å². The second-order valence-electron chi connectivity index (χ2n) is 4.55. The van der Waals surface area contributed by atoms with E-state index in [1.54, 1.807) is 19.1 Å². The zero-order valence-electron chi connectivity index (χ0n) is 9.13. The van der Waals surface area contributed by atoms with Crippen LogP contribution in [0.1, 0.15) is 25.3 Å². The van der Waals surface area contributed by atoms with E-state index < -0.39 is 5.60 Å². The molecule has 16 heavy (non-hydrogen) atoms. The maximum atomic E-state index is 13.7. The van der Waals surface area contributed by atoms with Gasteiger partial charge in [0.25, 0.3) is 0 Å². The Morgan fingerprint density at radius 1 is 1.56 bits per heavy atom. The molecule has 1 aliphatic carbocycles. The largest absolute Gasteiger partial charge is 0.384 e. The fourth-order valence-electron chi connectivity index (χ4n) is 1.65. The van der Waals surface area contributed by atoms with Gasteiger partial charge in [0, 0.05) is 22.6 Å². The fraction of sp³-hybridized carbons (Fsp3) is 0.500. The second kappa shape index (κ2) is 4.43. The molecule has 0 radical (unpaired) electrons. The molecule has 0 spiro atoms. The van der Waals surface area contributed by atoms with Gasteiger partial charge in [-0.3, -0.25) is 0 Å². The van der Waals surface area contributed by atoms with Crippen molar-refractivity contribution in [3.63, 3.8) is 0 Å². The Bertz CT molecular complexity index is 391. The van der Waals surface area contributed by atoms with Crippen molar-refractivity contribution in [3.05, 3.63) is 34.1 Å². The summed E-state index contributed by atoms with van der Waals surface area (Å²) in [6, 6.07) is 5.24. The summed E-state index contributed by atoms with van der Waals surface area (Å²) >= 11 is 3.20. The number of hydrogen-bond acceptors (Lipinski definition) is 2. The Kier molecular flexibility index (Phi) is 3.33. The molecule has 2 nitrogen and oxygen atoms in total. The molecule has 1 aliphatic rings. The summed E-state index contributed by atoms with van der Waals surface area (Å²) in [6.07, 6.45) is 2.30. The molecule has 0 saturated heterocycles. The molecule has 1 saturated carbocycles. The molecule has 2 rings (SSSR count). The molecule has 1 aromatic carbocycles. The van der Waals surface area contributed by atoms with Crippen LogP contribution in [0.25, 0.3) is 0 Å². The van der Waals surface area contributed by atoms with Crippen molar-refractivity contribution >= 4 is 15.9 Å². The molecule has 4 heteroatoms.